The van der Waals surface area contributed by atoms with E-state index in [1.807, 2.05) is 43.3 Å². The van der Waals surface area contributed by atoms with Gasteiger partial charge in [0.2, 0.25) is 5.95 Å². The monoisotopic (exact) mass is 326 g/mol. The molecule has 116 valence electrons. The van der Waals surface area contributed by atoms with Crippen LogP contribution in [0.3, 0.4) is 0 Å². The minimum atomic E-state index is 0.399. The molecule has 2 N–H and O–H groups in total. The number of halogens is 1. The topological polar surface area (TPSA) is 75.6 Å². The molecule has 0 fully saturated rings. The number of anilines is 3. The van der Waals surface area contributed by atoms with Crippen LogP contribution in [0.1, 0.15) is 11.3 Å². The minimum Gasteiger partial charge on any atom is -0.363 e. The maximum Gasteiger partial charge on any atom is 0.249 e. The van der Waals surface area contributed by atoms with Gasteiger partial charge in [0.15, 0.2) is 5.82 Å². The Hall–Kier alpha value is -2.73. The van der Waals surface area contributed by atoms with Crippen molar-refractivity contribution in [2.24, 2.45) is 0 Å². The van der Waals surface area contributed by atoms with Gasteiger partial charge in [0.05, 0.1) is 18.4 Å². The van der Waals surface area contributed by atoms with Gasteiger partial charge in [0, 0.05) is 16.9 Å². The molecular weight excluding hydrogens is 312 g/mol. The lowest BCUT2D eigenvalue weighted by atomic mass is 10.2. The molecule has 0 radical (unpaired) electrons. The molecule has 0 bridgehead atoms. The van der Waals surface area contributed by atoms with Crippen molar-refractivity contribution in [1.82, 2.24) is 20.2 Å². The highest BCUT2D eigenvalue weighted by Gasteiger charge is 2.03. The van der Waals surface area contributed by atoms with E-state index in [2.05, 4.69) is 30.8 Å². The molecular formula is C16H15ClN6. The predicted octanol–water partition coefficient (Wildman–Crippen LogP) is 3.58. The van der Waals surface area contributed by atoms with Crippen molar-refractivity contribution < 1.29 is 0 Å². The smallest absolute Gasteiger partial charge is 0.249 e. The number of nitrogens with zero attached hydrogens (tertiary/aromatic N) is 4. The maximum atomic E-state index is 6.11. The molecule has 0 saturated carbocycles. The molecule has 0 amide bonds. The molecule has 6 nitrogen and oxygen atoms in total. The van der Waals surface area contributed by atoms with Gasteiger partial charge in [-0.25, -0.2) is 0 Å². The summed E-state index contributed by atoms with van der Waals surface area (Å²) in [5, 5.41) is 14.9. The van der Waals surface area contributed by atoms with Gasteiger partial charge >= 0.3 is 0 Å². The third-order valence-corrected chi connectivity index (χ3v) is 3.57. The fraction of sp³-hybridized carbons (Fsp3) is 0.125. The summed E-state index contributed by atoms with van der Waals surface area (Å²) in [6.07, 6.45) is 3.32. The van der Waals surface area contributed by atoms with Crippen molar-refractivity contribution in [1.29, 1.82) is 0 Å². The number of rotatable bonds is 5. The lowest BCUT2D eigenvalue weighted by Gasteiger charge is -2.08. The fourth-order valence-corrected chi connectivity index (χ4v) is 2.11. The van der Waals surface area contributed by atoms with Crippen LogP contribution in [0.4, 0.5) is 17.5 Å². The summed E-state index contributed by atoms with van der Waals surface area (Å²) in [6.45, 7) is 2.52. The molecule has 7 heteroatoms. The number of pyridine rings is 1. The van der Waals surface area contributed by atoms with E-state index in [0.717, 1.165) is 16.9 Å². The average Bonchev–Trinajstić information content (AvgIpc) is 2.58. The number of benzene rings is 1. The van der Waals surface area contributed by atoms with Crippen molar-refractivity contribution in [3.8, 4) is 0 Å². The van der Waals surface area contributed by atoms with Crippen LogP contribution in [0.2, 0.25) is 5.02 Å². The highest BCUT2D eigenvalue weighted by atomic mass is 35.5. The van der Waals surface area contributed by atoms with Gasteiger partial charge < -0.3 is 10.6 Å². The van der Waals surface area contributed by atoms with Crippen LogP contribution in [0.5, 0.6) is 0 Å². The van der Waals surface area contributed by atoms with Gasteiger partial charge in [-0.15, -0.1) is 5.10 Å². The molecule has 3 aromatic rings. The second-order valence-electron chi connectivity index (χ2n) is 4.93. The number of hydrogen-bond acceptors (Lipinski definition) is 6. The first-order valence-corrected chi connectivity index (χ1v) is 7.45. The lowest BCUT2D eigenvalue weighted by molar-refractivity contribution is 0.955. The average molecular weight is 327 g/mol. The van der Waals surface area contributed by atoms with Crippen LogP contribution < -0.4 is 10.6 Å². The number of hydrogen-bond donors (Lipinski definition) is 2. The second-order valence-corrected chi connectivity index (χ2v) is 5.34. The quantitative estimate of drug-likeness (QED) is 0.746. The van der Waals surface area contributed by atoms with E-state index < -0.39 is 0 Å². The molecule has 23 heavy (non-hydrogen) atoms. The molecule has 0 aliphatic heterocycles. The zero-order chi connectivity index (χ0) is 16.1. The minimum absolute atomic E-state index is 0.399. The first kappa shape index (κ1) is 15.2. The molecule has 1 aromatic carbocycles. The summed E-state index contributed by atoms with van der Waals surface area (Å²) >= 11 is 6.11. The summed E-state index contributed by atoms with van der Waals surface area (Å²) < 4.78 is 0. The lowest BCUT2D eigenvalue weighted by Crippen LogP contribution is -2.06. The molecule has 0 unspecified atom stereocenters. The zero-order valence-corrected chi connectivity index (χ0v) is 13.2. The summed E-state index contributed by atoms with van der Waals surface area (Å²) in [5.41, 5.74) is 2.75. The summed E-state index contributed by atoms with van der Waals surface area (Å²) in [7, 11) is 0. The Bertz CT molecular complexity index is 794. The molecule has 2 heterocycles. The Morgan fingerprint density at radius 1 is 1.17 bits per heavy atom. The molecule has 3 rings (SSSR count). The Balaban J connectivity index is 1.68. The van der Waals surface area contributed by atoms with Crippen LogP contribution in [-0.4, -0.2) is 20.2 Å². The number of aryl methyl sites for hydroxylation is 1. The van der Waals surface area contributed by atoms with Gasteiger partial charge in [-0.05, 0) is 36.8 Å². The molecule has 0 aliphatic rings. The van der Waals surface area contributed by atoms with Gasteiger partial charge in [-0.1, -0.05) is 23.7 Å². The van der Waals surface area contributed by atoms with Gasteiger partial charge in [-0.3, -0.25) is 4.98 Å². The van der Waals surface area contributed by atoms with Gasteiger partial charge in [-0.2, -0.15) is 10.1 Å². The van der Waals surface area contributed by atoms with E-state index in [-0.39, 0.29) is 0 Å². The Labute approximate surface area is 139 Å². The summed E-state index contributed by atoms with van der Waals surface area (Å²) in [4.78, 5) is 8.61. The van der Waals surface area contributed by atoms with Crippen molar-refractivity contribution >= 4 is 29.1 Å². The standard InChI is InChI=1S/C16H15ClN6/c1-11-5-6-12(8-14(11)17)21-16-22-15(10-20-23-16)19-9-13-4-2-3-7-18-13/h2-8,10H,9H2,1H3,(H2,19,21,22,23). The van der Waals surface area contributed by atoms with E-state index >= 15 is 0 Å². The largest absolute Gasteiger partial charge is 0.363 e. The van der Waals surface area contributed by atoms with E-state index in [9.17, 15) is 0 Å². The zero-order valence-electron chi connectivity index (χ0n) is 12.5. The van der Waals surface area contributed by atoms with Crippen molar-refractivity contribution in [3.05, 3.63) is 65.1 Å². The fourth-order valence-electron chi connectivity index (χ4n) is 1.93. The van der Waals surface area contributed by atoms with Crippen LogP contribution in [0, 0.1) is 6.92 Å². The maximum absolute atomic E-state index is 6.11. The van der Waals surface area contributed by atoms with Gasteiger partial charge in [0.25, 0.3) is 0 Å². The Morgan fingerprint density at radius 2 is 2.09 bits per heavy atom. The van der Waals surface area contributed by atoms with Crippen LogP contribution in [0.25, 0.3) is 0 Å². The van der Waals surface area contributed by atoms with Crippen LogP contribution in [-0.2, 0) is 6.54 Å². The van der Waals surface area contributed by atoms with Crippen molar-refractivity contribution in [3.63, 3.8) is 0 Å². The first-order chi connectivity index (χ1) is 11.2. The summed E-state index contributed by atoms with van der Waals surface area (Å²) in [5.74, 6) is 1.02. The highest BCUT2D eigenvalue weighted by Crippen LogP contribution is 2.21. The molecule has 0 atom stereocenters. The SMILES string of the molecule is Cc1ccc(Nc2nncc(NCc3ccccn3)n2)cc1Cl. The van der Waals surface area contributed by atoms with Crippen molar-refractivity contribution in [2.75, 3.05) is 10.6 Å². The van der Waals surface area contributed by atoms with E-state index in [4.69, 9.17) is 11.6 Å². The van der Waals surface area contributed by atoms with Crippen LogP contribution >= 0.6 is 11.6 Å². The molecule has 0 saturated heterocycles. The number of nitrogens with one attached hydrogen (secondary N) is 2. The first-order valence-electron chi connectivity index (χ1n) is 7.07. The van der Waals surface area contributed by atoms with Gasteiger partial charge in [0.1, 0.15) is 0 Å². The molecule has 0 spiro atoms. The number of aromatic nitrogens is 4. The Morgan fingerprint density at radius 3 is 2.87 bits per heavy atom. The Kier molecular flexibility index (Phi) is 4.63. The van der Waals surface area contributed by atoms with Crippen molar-refractivity contribution in [2.45, 2.75) is 13.5 Å². The predicted molar refractivity (Wildman–Crippen MR) is 90.9 cm³/mol. The third-order valence-electron chi connectivity index (χ3n) is 3.16. The highest BCUT2D eigenvalue weighted by molar-refractivity contribution is 6.31. The van der Waals surface area contributed by atoms with E-state index in [0.29, 0.717) is 23.3 Å². The van der Waals surface area contributed by atoms with E-state index in [1.165, 1.54) is 0 Å². The molecule has 2 aromatic heterocycles. The van der Waals surface area contributed by atoms with E-state index in [1.54, 1.807) is 12.4 Å². The van der Waals surface area contributed by atoms with Crippen LogP contribution in [0.15, 0.2) is 48.8 Å². The third kappa shape index (κ3) is 4.14. The molecule has 0 aliphatic carbocycles. The second kappa shape index (κ2) is 7.02. The normalized spacial score (nSPS) is 10.3. The summed E-state index contributed by atoms with van der Waals surface area (Å²) in [6, 6.07) is 11.4.